The van der Waals surface area contributed by atoms with Crippen molar-refractivity contribution in [3.05, 3.63) is 327 Å². The molecule has 16 aromatic carbocycles. The van der Waals surface area contributed by atoms with Crippen LogP contribution in [0.15, 0.2) is 316 Å². The standard InChI is InChI=1S/C91H56S3/c1-54(20-14-21-55(2)63-33-16-37-77-76-32-12-13-41-86(76)92-87(63)77)57-42-45-74-75-46-43-58(50-83(75)72-31-11-10-30-71(72)82(74)49-57)62-52-81(56-22-4-3-5-23-56)91-85(53-62)80-40-19-35-65(90(80)94-91)60-25-15-24-59(48-60)64-34-17-38-78-79-39-18-36-66(89(79)93-88(64)78)61-44-47-73-69-28-7-6-26-67(69)68-27-8-9-29-70(68)84(73)51-61/h3-53H,1H2,2H3/b20-14-,55-21+. The van der Waals surface area contributed by atoms with Crippen molar-refractivity contribution in [2.75, 3.05) is 0 Å². The smallest absolute Gasteiger partial charge is 0.0434 e. The van der Waals surface area contributed by atoms with Crippen LogP contribution < -0.4 is 0 Å². The van der Waals surface area contributed by atoms with Gasteiger partial charge in [0.1, 0.15) is 0 Å². The van der Waals surface area contributed by atoms with Crippen LogP contribution >= 0.6 is 34.0 Å². The van der Waals surface area contributed by atoms with Crippen LogP contribution in [-0.2, 0) is 0 Å². The summed E-state index contributed by atoms with van der Waals surface area (Å²) < 4.78 is 7.88. The Kier molecular flexibility index (Phi) is 12.7. The Balaban J connectivity index is 0.681. The Bertz CT molecular complexity index is 6440. The second kappa shape index (κ2) is 21.8. The minimum Gasteiger partial charge on any atom is -0.135 e. The molecule has 0 amide bonds. The predicted molar refractivity (Wildman–Crippen MR) is 416 cm³/mol. The SMILES string of the molecule is C=C(/C=C\C=C(/C)c1cccc2c1sc1ccccc12)c1ccc2c3ccc(-c4cc(-c5ccccc5)c5sc6c(-c7cccc(-c8cccc9c8sc8c(-c%10ccc%11c%12ccccc%12c%12ccccc%12c%11c%10)cccc89)c7)cccc6c5c4)cc3c3ccccc3c2c1. The lowest BCUT2D eigenvalue weighted by atomic mass is 9.89. The van der Waals surface area contributed by atoms with Crippen LogP contribution in [-0.4, -0.2) is 0 Å². The Morgan fingerprint density at radius 1 is 0.266 bits per heavy atom. The topological polar surface area (TPSA) is 0 Å². The molecule has 0 aliphatic heterocycles. The largest absolute Gasteiger partial charge is 0.135 e. The van der Waals surface area contributed by atoms with Gasteiger partial charge in [-0.15, -0.1) is 34.0 Å². The number of allylic oxidation sites excluding steroid dienone is 5. The fourth-order valence-corrected chi connectivity index (χ4v) is 19.2. The zero-order valence-corrected chi connectivity index (χ0v) is 53.8. The highest BCUT2D eigenvalue weighted by atomic mass is 32.1. The van der Waals surface area contributed by atoms with Gasteiger partial charge in [0.25, 0.3) is 0 Å². The van der Waals surface area contributed by atoms with Gasteiger partial charge in [-0.2, -0.15) is 0 Å². The third-order valence-corrected chi connectivity index (χ3v) is 23.6. The highest BCUT2D eigenvalue weighted by Gasteiger charge is 2.21. The van der Waals surface area contributed by atoms with Crippen molar-refractivity contribution in [1.82, 2.24) is 0 Å². The van der Waals surface area contributed by atoms with Crippen LogP contribution in [0.1, 0.15) is 18.1 Å². The molecule has 0 radical (unpaired) electrons. The number of rotatable bonds is 9. The summed E-state index contributed by atoms with van der Waals surface area (Å²) in [5, 5.41) is 23.0. The molecule has 94 heavy (non-hydrogen) atoms. The van der Waals surface area contributed by atoms with Crippen LogP contribution in [0.2, 0.25) is 0 Å². The van der Waals surface area contributed by atoms with Gasteiger partial charge in [0.2, 0.25) is 0 Å². The van der Waals surface area contributed by atoms with Gasteiger partial charge >= 0.3 is 0 Å². The molecule has 0 bridgehead atoms. The Labute approximate surface area is 555 Å². The highest BCUT2D eigenvalue weighted by Crippen LogP contribution is 2.50. The lowest BCUT2D eigenvalue weighted by Crippen LogP contribution is -1.88. The second-order valence-electron chi connectivity index (χ2n) is 25.0. The van der Waals surface area contributed by atoms with E-state index in [0.717, 1.165) is 11.1 Å². The molecule has 0 N–H and O–H groups in total. The monoisotopic (exact) mass is 1240 g/mol. The van der Waals surface area contributed by atoms with E-state index in [1.54, 1.807) is 0 Å². The molecule has 0 aliphatic carbocycles. The lowest BCUT2D eigenvalue weighted by molar-refractivity contribution is 1.64. The maximum atomic E-state index is 4.60. The second-order valence-corrected chi connectivity index (χ2v) is 28.1. The van der Waals surface area contributed by atoms with Gasteiger partial charge in [0.05, 0.1) is 0 Å². The quantitative estimate of drug-likeness (QED) is 0.0998. The molecule has 3 heteroatoms. The van der Waals surface area contributed by atoms with E-state index in [-0.39, 0.29) is 0 Å². The molecular weight excluding hydrogens is 1190 g/mol. The molecule has 0 unspecified atom stereocenters. The molecule has 0 atom stereocenters. The predicted octanol–water partition coefficient (Wildman–Crippen LogP) is 27.7. The van der Waals surface area contributed by atoms with Crippen LogP contribution in [0.5, 0.6) is 0 Å². The number of hydrogen-bond donors (Lipinski definition) is 0. The van der Waals surface area contributed by atoms with Crippen molar-refractivity contribution in [2.24, 2.45) is 0 Å². The van der Waals surface area contributed by atoms with Crippen molar-refractivity contribution in [3.63, 3.8) is 0 Å². The number of thiophene rings is 3. The van der Waals surface area contributed by atoms with E-state index in [9.17, 15) is 0 Å². The van der Waals surface area contributed by atoms with Gasteiger partial charge in [0, 0.05) is 66.1 Å². The first-order valence-electron chi connectivity index (χ1n) is 32.2. The fourth-order valence-electron chi connectivity index (χ4n) is 15.2. The zero-order chi connectivity index (χ0) is 62.1. The van der Waals surface area contributed by atoms with Gasteiger partial charge < -0.3 is 0 Å². The summed E-state index contributed by atoms with van der Waals surface area (Å²) in [6.07, 6.45) is 6.53. The summed E-state index contributed by atoms with van der Waals surface area (Å²) in [5.41, 5.74) is 16.9. The lowest BCUT2D eigenvalue weighted by Gasteiger charge is -2.14. The van der Waals surface area contributed by atoms with E-state index < -0.39 is 0 Å². The fraction of sp³-hybridized carbons (Fsp3) is 0.0110. The third-order valence-electron chi connectivity index (χ3n) is 19.8. The summed E-state index contributed by atoms with van der Waals surface area (Å²) in [5.74, 6) is 0. The molecule has 0 nitrogen and oxygen atoms in total. The molecule has 438 valence electrons. The Morgan fingerprint density at radius 2 is 0.670 bits per heavy atom. The van der Waals surface area contributed by atoms with Crippen LogP contribution in [0.25, 0.3) is 192 Å². The van der Waals surface area contributed by atoms with E-state index in [2.05, 4.69) is 323 Å². The van der Waals surface area contributed by atoms with Crippen LogP contribution in [0, 0.1) is 0 Å². The van der Waals surface area contributed by atoms with E-state index in [0.29, 0.717) is 0 Å². The average molecular weight is 1250 g/mol. The minimum absolute atomic E-state index is 0.980. The van der Waals surface area contributed by atoms with Gasteiger partial charge in [0.15, 0.2) is 0 Å². The summed E-state index contributed by atoms with van der Waals surface area (Å²) in [6, 6.07) is 109. The summed E-state index contributed by atoms with van der Waals surface area (Å²) in [6.45, 7) is 6.81. The number of hydrogen-bond acceptors (Lipinski definition) is 3. The van der Waals surface area contributed by atoms with E-state index >= 15 is 0 Å². The minimum atomic E-state index is 0.980. The Morgan fingerprint density at radius 3 is 1.27 bits per heavy atom. The maximum absolute atomic E-state index is 4.60. The first-order valence-corrected chi connectivity index (χ1v) is 34.7. The molecule has 0 aliphatic rings. The van der Waals surface area contributed by atoms with Crippen molar-refractivity contribution in [1.29, 1.82) is 0 Å². The Hall–Kier alpha value is -11.0. The van der Waals surface area contributed by atoms with Crippen molar-refractivity contribution >= 4 is 170 Å². The molecule has 0 saturated carbocycles. The first-order chi connectivity index (χ1) is 46.4. The molecule has 19 aromatic rings. The summed E-state index contributed by atoms with van der Waals surface area (Å²) >= 11 is 5.72. The molecule has 0 saturated heterocycles. The summed E-state index contributed by atoms with van der Waals surface area (Å²) in [4.78, 5) is 0. The van der Waals surface area contributed by atoms with Crippen molar-refractivity contribution in [2.45, 2.75) is 6.92 Å². The van der Waals surface area contributed by atoms with Gasteiger partial charge in [-0.25, -0.2) is 0 Å². The van der Waals surface area contributed by atoms with Crippen molar-refractivity contribution in [3.8, 4) is 55.6 Å². The van der Waals surface area contributed by atoms with Gasteiger partial charge in [-0.3, -0.25) is 0 Å². The molecule has 19 rings (SSSR count). The molecule has 0 spiro atoms. The van der Waals surface area contributed by atoms with Gasteiger partial charge in [-0.05, 0) is 186 Å². The van der Waals surface area contributed by atoms with E-state index in [1.807, 2.05) is 34.0 Å². The normalized spacial score (nSPS) is 12.4. The first kappa shape index (κ1) is 54.7. The zero-order valence-electron chi connectivity index (χ0n) is 51.4. The van der Waals surface area contributed by atoms with Crippen LogP contribution in [0.3, 0.4) is 0 Å². The van der Waals surface area contributed by atoms with Crippen LogP contribution in [0.4, 0.5) is 0 Å². The third kappa shape index (κ3) is 8.70. The molecule has 0 fully saturated rings. The molecule has 3 heterocycles. The molecule has 3 aromatic heterocycles. The highest BCUT2D eigenvalue weighted by molar-refractivity contribution is 7.27. The van der Waals surface area contributed by atoms with Gasteiger partial charge in [-0.1, -0.05) is 274 Å². The van der Waals surface area contributed by atoms with E-state index in [1.165, 1.54) is 192 Å². The molecular formula is C91H56S3. The maximum Gasteiger partial charge on any atom is 0.0434 e. The van der Waals surface area contributed by atoms with Crippen molar-refractivity contribution < 1.29 is 0 Å². The number of benzene rings is 16. The van der Waals surface area contributed by atoms with E-state index in [4.69, 9.17) is 0 Å². The average Bonchev–Trinajstić information content (AvgIpc) is 1.01. The number of fused-ring (bicyclic) bond motifs is 21. The summed E-state index contributed by atoms with van der Waals surface area (Å²) in [7, 11) is 0.